The minimum atomic E-state index is -3.85. The molecule has 4 nitrogen and oxygen atoms in total. The van der Waals surface area contributed by atoms with Crippen molar-refractivity contribution < 1.29 is 12.8 Å². The number of rotatable bonds is 8. The fourth-order valence-corrected chi connectivity index (χ4v) is 3.39. The summed E-state index contributed by atoms with van der Waals surface area (Å²) in [4.78, 5) is -0.283. The first kappa shape index (κ1) is 17.8. The zero-order chi connectivity index (χ0) is 16.0. The van der Waals surface area contributed by atoms with Gasteiger partial charge in [0.25, 0.3) is 0 Å². The second-order valence-electron chi connectivity index (χ2n) is 5.04. The highest BCUT2D eigenvalue weighted by molar-refractivity contribution is 7.89. The fraction of sp³-hybridized carbons (Fsp3) is 0.467. The molecule has 118 valence electrons. The van der Waals surface area contributed by atoms with Crippen LogP contribution in [0, 0.1) is 5.82 Å². The van der Waals surface area contributed by atoms with Crippen LogP contribution in [0.1, 0.15) is 26.3 Å². The van der Waals surface area contributed by atoms with Gasteiger partial charge in [-0.3, -0.25) is 0 Å². The van der Waals surface area contributed by atoms with E-state index >= 15 is 0 Å². The lowest BCUT2D eigenvalue weighted by Crippen LogP contribution is -2.31. The minimum absolute atomic E-state index is 0.159. The predicted octanol–water partition coefficient (Wildman–Crippen LogP) is 2.52. The molecule has 0 atom stereocenters. The molecule has 0 aliphatic carbocycles. The highest BCUT2D eigenvalue weighted by Crippen LogP contribution is 2.21. The number of hydrogen-bond acceptors (Lipinski definition) is 3. The number of benzene rings is 1. The van der Waals surface area contributed by atoms with Crippen molar-refractivity contribution in [3.8, 4) is 0 Å². The molecule has 1 aromatic carbocycles. The van der Waals surface area contributed by atoms with Crippen molar-refractivity contribution in [2.45, 2.75) is 38.3 Å². The van der Waals surface area contributed by atoms with Gasteiger partial charge in [-0.15, -0.1) is 6.58 Å². The van der Waals surface area contributed by atoms with E-state index in [9.17, 15) is 12.8 Å². The lowest BCUT2D eigenvalue weighted by Gasteiger charge is -2.19. The zero-order valence-electron chi connectivity index (χ0n) is 12.8. The minimum Gasteiger partial charge on any atom is -0.310 e. The molecule has 6 heteroatoms. The van der Waals surface area contributed by atoms with Crippen molar-refractivity contribution in [1.82, 2.24) is 9.62 Å². The first-order valence-corrected chi connectivity index (χ1v) is 8.39. The number of hydrogen-bond donors (Lipinski definition) is 1. The summed E-state index contributed by atoms with van der Waals surface area (Å²) in [6, 6.07) is 4.45. The summed E-state index contributed by atoms with van der Waals surface area (Å²) in [5.41, 5.74) is 0.735. The first-order chi connectivity index (χ1) is 9.82. The van der Waals surface area contributed by atoms with Crippen LogP contribution in [0.3, 0.4) is 0 Å². The van der Waals surface area contributed by atoms with Crippen LogP contribution in [0.5, 0.6) is 0 Å². The second-order valence-corrected chi connectivity index (χ2v) is 6.95. The standard InChI is InChI=1S/C15H23FN2O2S/c1-5-9-18(6-2)21(19,20)15-10-13(7-8-14(15)16)11-17-12(3)4/h5,7-8,10,12,17H,1,6,9,11H2,2-4H3. The summed E-state index contributed by atoms with van der Waals surface area (Å²) in [7, 11) is -3.85. The van der Waals surface area contributed by atoms with Gasteiger partial charge < -0.3 is 5.32 Å². The normalized spacial score (nSPS) is 12.1. The Labute approximate surface area is 126 Å². The Morgan fingerprint density at radius 2 is 2.10 bits per heavy atom. The molecule has 1 rings (SSSR count). The average molecular weight is 314 g/mol. The van der Waals surface area contributed by atoms with Crippen molar-refractivity contribution in [1.29, 1.82) is 0 Å². The highest BCUT2D eigenvalue weighted by atomic mass is 32.2. The smallest absolute Gasteiger partial charge is 0.246 e. The van der Waals surface area contributed by atoms with Gasteiger partial charge >= 0.3 is 0 Å². The van der Waals surface area contributed by atoms with E-state index in [0.717, 1.165) is 5.56 Å². The molecule has 1 aromatic rings. The van der Waals surface area contributed by atoms with E-state index in [1.165, 1.54) is 22.5 Å². The zero-order valence-corrected chi connectivity index (χ0v) is 13.6. The summed E-state index contributed by atoms with van der Waals surface area (Å²) in [5.74, 6) is -0.731. The fourth-order valence-electron chi connectivity index (χ4n) is 1.86. The summed E-state index contributed by atoms with van der Waals surface area (Å²) >= 11 is 0. The molecule has 0 spiro atoms. The Hall–Kier alpha value is -1.24. The second kappa shape index (κ2) is 7.68. The molecule has 0 saturated heterocycles. The first-order valence-electron chi connectivity index (χ1n) is 6.95. The van der Waals surface area contributed by atoms with Gasteiger partial charge in [0.1, 0.15) is 10.7 Å². The third kappa shape index (κ3) is 4.62. The SMILES string of the molecule is C=CCN(CC)S(=O)(=O)c1cc(CNC(C)C)ccc1F. The van der Waals surface area contributed by atoms with Crippen molar-refractivity contribution in [3.05, 3.63) is 42.2 Å². The molecule has 0 amide bonds. The molecule has 0 heterocycles. The van der Waals surface area contributed by atoms with Crippen molar-refractivity contribution in [2.24, 2.45) is 0 Å². The molecule has 0 unspecified atom stereocenters. The van der Waals surface area contributed by atoms with E-state index in [1.54, 1.807) is 13.0 Å². The van der Waals surface area contributed by atoms with Gasteiger partial charge in [0.05, 0.1) is 0 Å². The predicted molar refractivity (Wildman–Crippen MR) is 83.0 cm³/mol. The Morgan fingerprint density at radius 3 is 2.62 bits per heavy atom. The van der Waals surface area contributed by atoms with E-state index < -0.39 is 15.8 Å². The number of nitrogens with zero attached hydrogens (tertiary/aromatic N) is 1. The van der Waals surface area contributed by atoms with Crippen LogP contribution in [-0.2, 0) is 16.6 Å². The topological polar surface area (TPSA) is 49.4 Å². The molecule has 1 N–H and O–H groups in total. The summed E-state index contributed by atoms with van der Waals surface area (Å²) in [6.07, 6.45) is 1.49. The van der Waals surface area contributed by atoms with Gasteiger partial charge in [0.15, 0.2) is 0 Å². The molecular weight excluding hydrogens is 291 g/mol. The van der Waals surface area contributed by atoms with E-state index in [2.05, 4.69) is 11.9 Å². The van der Waals surface area contributed by atoms with Gasteiger partial charge in [-0.25, -0.2) is 12.8 Å². The number of sulfonamides is 1. The van der Waals surface area contributed by atoms with Gasteiger partial charge in [0.2, 0.25) is 10.0 Å². The summed E-state index contributed by atoms with van der Waals surface area (Å²) in [5, 5.41) is 3.18. The van der Waals surface area contributed by atoms with Gasteiger partial charge in [-0.2, -0.15) is 4.31 Å². The van der Waals surface area contributed by atoms with Crippen LogP contribution in [-0.4, -0.2) is 31.9 Å². The Bertz CT molecular complexity index is 585. The van der Waals surface area contributed by atoms with Crippen LogP contribution >= 0.6 is 0 Å². The number of likely N-dealkylation sites (N-methyl/N-ethyl adjacent to an activating group) is 1. The number of nitrogens with one attached hydrogen (secondary N) is 1. The van der Waals surface area contributed by atoms with Crippen LogP contribution in [0.4, 0.5) is 4.39 Å². The maximum Gasteiger partial charge on any atom is 0.246 e. The Morgan fingerprint density at radius 1 is 1.43 bits per heavy atom. The van der Waals surface area contributed by atoms with Crippen LogP contribution < -0.4 is 5.32 Å². The third-order valence-corrected chi connectivity index (χ3v) is 4.97. The summed E-state index contributed by atoms with van der Waals surface area (Å²) in [6.45, 7) is 10.1. The quantitative estimate of drug-likeness (QED) is 0.750. The maximum atomic E-state index is 13.9. The van der Waals surface area contributed by atoms with Crippen LogP contribution in [0.2, 0.25) is 0 Å². The number of halogens is 1. The molecule has 21 heavy (non-hydrogen) atoms. The van der Waals surface area contributed by atoms with Crippen molar-refractivity contribution >= 4 is 10.0 Å². The van der Waals surface area contributed by atoms with Crippen molar-refractivity contribution in [2.75, 3.05) is 13.1 Å². The largest absolute Gasteiger partial charge is 0.310 e. The van der Waals surface area contributed by atoms with Crippen molar-refractivity contribution in [3.63, 3.8) is 0 Å². The lowest BCUT2D eigenvalue weighted by atomic mass is 10.2. The molecule has 0 bridgehead atoms. The van der Waals surface area contributed by atoms with Crippen LogP contribution in [0.15, 0.2) is 35.7 Å². The van der Waals surface area contributed by atoms with Crippen LogP contribution in [0.25, 0.3) is 0 Å². The van der Waals surface area contributed by atoms with E-state index in [4.69, 9.17) is 0 Å². The van der Waals surface area contributed by atoms with E-state index in [-0.39, 0.29) is 24.0 Å². The van der Waals surface area contributed by atoms with Gasteiger partial charge in [-0.1, -0.05) is 32.9 Å². The summed E-state index contributed by atoms with van der Waals surface area (Å²) < 4.78 is 40.1. The highest BCUT2D eigenvalue weighted by Gasteiger charge is 2.25. The maximum absolute atomic E-state index is 13.9. The molecular formula is C15H23FN2O2S. The molecule has 0 aromatic heterocycles. The van der Waals surface area contributed by atoms with E-state index in [0.29, 0.717) is 6.54 Å². The van der Waals surface area contributed by atoms with E-state index in [1.807, 2.05) is 13.8 Å². The van der Waals surface area contributed by atoms with Gasteiger partial charge in [-0.05, 0) is 17.7 Å². The molecule has 0 radical (unpaired) electrons. The monoisotopic (exact) mass is 314 g/mol. The average Bonchev–Trinajstić information content (AvgIpc) is 2.43. The third-order valence-electron chi connectivity index (χ3n) is 3.01. The molecule has 0 saturated carbocycles. The molecule has 0 fully saturated rings. The Balaban J connectivity index is 3.15. The lowest BCUT2D eigenvalue weighted by molar-refractivity contribution is 0.453. The van der Waals surface area contributed by atoms with Gasteiger partial charge in [0, 0.05) is 25.7 Å². The molecule has 0 aliphatic rings. The molecule has 0 aliphatic heterocycles. The Kier molecular flexibility index (Phi) is 6.51.